The Balaban J connectivity index is 3.09. The van der Waals surface area contributed by atoms with Crippen molar-refractivity contribution >= 4 is 23.8 Å². The summed E-state index contributed by atoms with van der Waals surface area (Å²) in [6.45, 7) is 1.42. The van der Waals surface area contributed by atoms with E-state index in [9.17, 15) is 19.2 Å². The monoisotopic (exact) mass is 380 g/mol. The molecule has 0 fully saturated rings. The van der Waals surface area contributed by atoms with E-state index in [4.69, 9.17) is 10.5 Å². The topological polar surface area (TPSA) is 134 Å². The molecule has 27 heavy (non-hydrogen) atoms. The van der Waals surface area contributed by atoms with E-state index in [1.807, 2.05) is 0 Å². The predicted octanol–water partition coefficient (Wildman–Crippen LogP) is -0.0575. The van der Waals surface area contributed by atoms with Crippen LogP contribution in [-0.2, 0) is 33.4 Å². The van der Waals surface area contributed by atoms with Gasteiger partial charge in [-0.25, -0.2) is 0 Å². The van der Waals surface area contributed by atoms with Crippen molar-refractivity contribution in [3.05, 3.63) is 35.9 Å². The Labute approximate surface area is 157 Å². The van der Waals surface area contributed by atoms with Gasteiger partial charge >= 0.3 is 11.9 Å². The number of ether oxygens (including phenoxy) is 3. The maximum absolute atomic E-state index is 12.6. The van der Waals surface area contributed by atoms with Crippen molar-refractivity contribution in [2.24, 2.45) is 17.6 Å². The van der Waals surface area contributed by atoms with Crippen LogP contribution in [0.25, 0.3) is 0 Å². The van der Waals surface area contributed by atoms with Gasteiger partial charge in [0, 0.05) is 13.0 Å². The molecule has 0 heterocycles. The first-order chi connectivity index (χ1) is 12.8. The molecule has 3 N–H and O–H groups in total. The Bertz CT molecular complexity index is 662. The molecule has 9 heteroatoms. The van der Waals surface area contributed by atoms with Gasteiger partial charge in [-0.1, -0.05) is 37.3 Å². The summed E-state index contributed by atoms with van der Waals surface area (Å²) >= 11 is 0. The predicted molar refractivity (Wildman–Crippen MR) is 94.0 cm³/mol. The second kappa shape index (κ2) is 10.3. The molecule has 0 aliphatic heterocycles. The Hall–Kier alpha value is -2.94. The van der Waals surface area contributed by atoms with Crippen molar-refractivity contribution in [3.8, 4) is 0 Å². The van der Waals surface area contributed by atoms with E-state index in [0.717, 1.165) is 14.2 Å². The first kappa shape index (κ1) is 22.1. The van der Waals surface area contributed by atoms with Crippen molar-refractivity contribution in [1.29, 1.82) is 0 Å². The van der Waals surface area contributed by atoms with Crippen molar-refractivity contribution < 1.29 is 33.4 Å². The quantitative estimate of drug-likeness (QED) is 0.453. The third-order valence-electron chi connectivity index (χ3n) is 4.14. The number of nitrogens with two attached hydrogens (primary N) is 1. The number of rotatable bonds is 9. The molecule has 1 rings (SSSR count). The van der Waals surface area contributed by atoms with Gasteiger partial charge < -0.3 is 25.3 Å². The van der Waals surface area contributed by atoms with Gasteiger partial charge in [-0.2, -0.15) is 0 Å². The molecule has 148 valence electrons. The fourth-order valence-electron chi connectivity index (χ4n) is 2.68. The summed E-state index contributed by atoms with van der Waals surface area (Å²) in [4.78, 5) is 48.5. The number of hydrogen-bond acceptors (Lipinski definition) is 7. The lowest BCUT2D eigenvalue weighted by Crippen LogP contribution is -2.53. The number of amides is 2. The average Bonchev–Trinajstić information content (AvgIpc) is 2.66. The molecule has 0 spiro atoms. The molecule has 2 amide bonds. The smallest absolute Gasteiger partial charge is 0.320 e. The van der Waals surface area contributed by atoms with E-state index in [0.29, 0.717) is 5.56 Å². The lowest BCUT2D eigenvalue weighted by Gasteiger charge is -2.28. The lowest BCUT2D eigenvalue weighted by atomic mass is 9.86. The number of benzene rings is 1. The number of primary amides is 1. The maximum Gasteiger partial charge on any atom is 0.320 e. The third kappa shape index (κ3) is 5.52. The molecule has 0 unspecified atom stereocenters. The zero-order valence-corrected chi connectivity index (χ0v) is 15.6. The highest BCUT2D eigenvalue weighted by Crippen LogP contribution is 2.22. The molecule has 1 aromatic rings. The Morgan fingerprint density at radius 3 is 1.89 bits per heavy atom. The van der Waals surface area contributed by atoms with Crippen LogP contribution in [0.4, 0.5) is 0 Å². The summed E-state index contributed by atoms with van der Waals surface area (Å²) in [6, 6.07) is 7.27. The SMILES string of the molecule is COC(=O)C(C(=O)OC)[C@@H](C)[C@H](NC(=O)[C@H](OC)c1ccccc1)C(N)=O. The minimum atomic E-state index is -1.43. The van der Waals surface area contributed by atoms with Gasteiger partial charge in [0.15, 0.2) is 12.0 Å². The van der Waals surface area contributed by atoms with Gasteiger partial charge in [0.2, 0.25) is 5.91 Å². The van der Waals surface area contributed by atoms with Crippen LogP contribution in [0.5, 0.6) is 0 Å². The molecular formula is C18H24N2O7. The number of carbonyl (C=O) groups is 4. The highest BCUT2D eigenvalue weighted by molar-refractivity contribution is 5.97. The summed E-state index contributed by atoms with van der Waals surface area (Å²) < 4.78 is 14.4. The minimum absolute atomic E-state index is 0.561. The van der Waals surface area contributed by atoms with Crippen molar-refractivity contribution in [2.45, 2.75) is 19.1 Å². The van der Waals surface area contributed by atoms with Crippen LogP contribution in [0, 0.1) is 11.8 Å². The number of hydrogen-bond donors (Lipinski definition) is 2. The van der Waals surface area contributed by atoms with Gasteiger partial charge in [-0.3, -0.25) is 19.2 Å². The molecule has 0 saturated carbocycles. The number of nitrogens with one attached hydrogen (secondary N) is 1. The van der Waals surface area contributed by atoms with Crippen LogP contribution in [0.1, 0.15) is 18.6 Å². The van der Waals surface area contributed by atoms with E-state index in [-0.39, 0.29) is 0 Å². The molecule has 0 aliphatic carbocycles. The third-order valence-corrected chi connectivity index (χ3v) is 4.14. The molecule has 9 nitrogen and oxygen atoms in total. The van der Waals surface area contributed by atoms with Gasteiger partial charge in [-0.15, -0.1) is 0 Å². The van der Waals surface area contributed by atoms with E-state index in [2.05, 4.69) is 14.8 Å². The van der Waals surface area contributed by atoms with Crippen molar-refractivity contribution in [3.63, 3.8) is 0 Å². The van der Waals surface area contributed by atoms with E-state index in [1.165, 1.54) is 14.0 Å². The lowest BCUT2D eigenvalue weighted by molar-refractivity contribution is -0.162. The summed E-state index contributed by atoms with van der Waals surface area (Å²) in [7, 11) is 3.53. The van der Waals surface area contributed by atoms with E-state index in [1.54, 1.807) is 30.3 Å². The van der Waals surface area contributed by atoms with Crippen LogP contribution in [-0.4, -0.2) is 51.1 Å². The summed E-state index contributed by atoms with van der Waals surface area (Å²) in [5, 5.41) is 2.45. The zero-order chi connectivity index (χ0) is 20.6. The van der Waals surface area contributed by atoms with E-state index >= 15 is 0 Å². The maximum atomic E-state index is 12.6. The first-order valence-electron chi connectivity index (χ1n) is 8.11. The van der Waals surface area contributed by atoms with Gasteiger partial charge in [0.1, 0.15) is 6.04 Å². The van der Waals surface area contributed by atoms with E-state index < -0.39 is 47.7 Å². The molecule has 3 atom stereocenters. The number of carbonyl (C=O) groups excluding carboxylic acids is 4. The van der Waals surface area contributed by atoms with Crippen LogP contribution >= 0.6 is 0 Å². The molecule has 1 aromatic carbocycles. The second-order valence-electron chi connectivity index (χ2n) is 5.80. The zero-order valence-electron chi connectivity index (χ0n) is 15.6. The van der Waals surface area contributed by atoms with Gasteiger partial charge in [-0.05, 0) is 5.56 Å². The molecule has 0 saturated heterocycles. The van der Waals surface area contributed by atoms with Crippen LogP contribution in [0.15, 0.2) is 30.3 Å². The molecule has 0 aromatic heterocycles. The normalized spacial score (nSPS) is 14.0. The van der Waals surface area contributed by atoms with Crippen LogP contribution in [0.3, 0.4) is 0 Å². The highest BCUT2D eigenvalue weighted by atomic mass is 16.5. The first-order valence-corrected chi connectivity index (χ1v) is 8.11. The Morgan fingerprint density at radius 2 is 1.48 bits per heavy atom. The summed E-state index contributed by atoms with van der Waals surface area (Å²) in [5.74, 6) is -5.82. The summed E-state index contributed by atoms with van der Waals surface area (Å²) in [5.41, 5.74) is 5.95. The average molecular weight is 380 g/mol. The Kier molecular flexibility index (Phi) is 8.40. The van der Waals surface area contributed by atoms with Crippen LogP contribution in [0.2, 0.25) is 0 Å². The molecule has 0 radical (unpaired) electrons. The van der Waals surface area contributed by atoms with Crippen LogP contribution < -0.4 is 11.1 Å². The largest absolute Gasteiger partial charge is 0.468 e. The highest BCUT2D eigenvalue weighted by Gasteiger charge is 2.41. The number of esters is 2. The fourth-order valence-corrected chi connectivity index (χ4v) is 2.68. The molecule has 0 aliphatic rings. The minimum Gasteiger partial charge on any atom is -0.468 e. The van der Waals surface area contributed by atoms with Crippen molar-refractivity contribution in [1.82, 2.24) is 5.32 Å². The second-order valence-corrected chi connectivity index (χ2v) is 5.80. The van der Waals surface area contributed by atoms with Gasteiger partial charge in [0.05, 0.1) is 14.2 Å². The molecular weight excluding hydrogens is 356 g/mol. The van der Waals surface area contributed by atoms with Crippen molar-refractivity contribution in [2.75, 3.05) is 21.3 Å². The number of methoxy groups -OCH3 is 3. The van der Waals surface area contributed by atoms with Gasteiger partial charge in [0.25, 0.3) is 5.91 Å². The molecule has 0 bridgehead atoms. The Morgan fingerprint density at radius 1 is 0.963 bits per heavy atom. The summed E-state index contributed by atoms with van der Waals surface area (Å²) in [6.07, 6.45) is -1.00. The fraction of sp³-hybridized carbons (Fsp3) is 0.444. The standard InChI is InChI=1S/C18H24N2O7/c1-10(12(17(23)26-3)18(24)27-4)13(15(19)21)20-16(22)14(25-2)11-8-6-5-7-9-11/h5-10,12-14H,1-4H3,(H2,19,21)(H,20,22)/t10-,13+,14-/m1/s1.